The minimum Gasteiger partial charge on any atom is -0.475 e. The number of nitrogens with one attached hydrogen (secondary N) is 1. The van der Waals surface area contributed by atoms with Crippen LogP contribution < -0.4 is 10.1 Å². The third-order valence-corrected chi connectivity index (χ3v) is 3.44. The SMILES string of the molecule is CC(C)Oc1ncccc1CNCC1CCC(C)(C)O1. The second-order valence-electron chi connectivity index (χ2n) is 6.30. The number of hydrogen-bond acceptors (Lipinski definition) is 4. The van der Waals surface area contributed by atoms with Gasteiger partial charge in [0.2, 0.25) is 5.88 Å². The Bertz CT molecular complexity index is 432. The molecular weight excluding hydrogens is 252 g/mol. The van der Waals surface area contributed by atoms with E-state index < -0.39 is 0 Å². The summed E-state index contributed by atoms with van der Waals surface area (Å²) in [5.41, 5.74) is 1.13. The van der Waals surface area contributed by atoms with Gasteiger partial charge in [0.1, 0.15) is 0 Å². The van der Waals surface area contributed by atoms with Gasteiger partial charge in [-0.3, -0.25) is 0 Å². The minimum atomic E-state index is 0.0343. The van der Waals surface area contributed by atoms with Crippen LogP contribution in [0.2, 0.25) is 0 Å². The molecule has 0 aliphatic carbocycles. The van der Waals surface area contributed by atoms with E-state index >= 15 is 0 Å². The molecule has 1 atom stereocenters. The van der Waals surface area contributed by atoms with Gasteiger partial charge in [-0.25, -0.2) is 4.98 Å². The predicted octanol–water partition coefficient (Wildman–Crippen LogP) is 2.92. The van der Waals surface area contributed by atoms with Crippen molar-refractivity contribution in [1.29, 1.82) is 0 Å². The van der Waals surface area contributed by atoms with E-state index in [4.69, 9.17) is 9.47 Å². The second-order valence-corrected chi connectivity index (χ2v) is 6.30. The molecule has 1 aliphatic rings. The van der Waals surface area contributed by atoms with Crippen molar-refractivity contribution in [1.82, 2.24) is 10.3 Å². The van der Waals surface area contributed by atoms with Crippen molar-refractivity contribution in [2.45, 2.75) is 64.9 Å². The molecule has 2 rings (SSSR count). The molecule has 112 valence electrons. The summed E-state index contributed by atoms with van der Waals surface area (Å²) < 4.78 is 11.7. The van der Waals surface area contributed by atoms with Gasteiger partial charge in [0.05, 0.1) is 17.8 Å². The highest BCUT2D eigenvalue weighted by atomic mass is 16.5. The quantitative estimate of drug-likeness (QED) is 0.869. The number of rotatable bonds is 6. The van der Waals surface area contributed by atoms with Crippen molar-refractivity contribution in [3.8, 4) is 5.88 Å². The van der Waals surface area contributed by atoms with Crippen LogP contribution in [-0.2, 0) is 11.3 Å². The Hall–Kier alpha value is -1.13. The van der Waals surface area contributed by atoms with Crippen molar-refractivity contribution in [2.75, 3.05) is 6.54 Å². The number of nitrogens with zero attached hydrogens (tertiary/aromatic N) is 1. The van der Waals surface area contributed by atoms with Crippen LogP contribution in [0, 0.1) is 0 Å². The average molecular weight is 278 g/mol. The second kappa shape index (κ2) is 6.55. The Balaban J connectivity index is 1.82. The Morgan fingerprint density at radius 3 is 2.95 bits per heavy atom. The normalized spacial score (nSPS) is 21.4. The van der Waals surface area contributed by atoms with Gasteiger partial charge in [-0.05, 0) is 46.6 Å². The first-order chi connectivity index (χ1) is 9.46. The van der Waals surface area contributed by atoms with Crippen LogP contribution in [0.3, 0.4) is 0 Å². The highest BCUT2D eigenvalue weighted by molar-refractivity contribution is 5.25. The van der Waals surface area contributed by atoms with Crippen LogP contribution in [0.4, 0.5) is 0 Å². The fraction of sp³-hybridized carbons (Fsp3) is 0.688. The van der Waals surface area contributed by atoms with Crippen LogP contribution in [0.5, 0.6) is 5.88 Å². The van der Waals surface area contributed by atoms with Gasteiger partial charge in [-0.1, -0.05) is 6.07 Å². The summed E-state index contributed by atoms with van der Waals surface area (Å²) in [6.07, 6.45) is 4.49. The van der Waals surface area contributed by atoms with E-state index in [-0.39, 0.29) is 11.7 Å². The van der Waals surface area contributed by atoms with E-state index in [1.807, 2.05) is 19.9 Å². The lowest BCUT2D eigenvalue weighted by atomic mass is 10.1. The minimum absolute atomic E-state index is 0.0343. The summed E-state index contributed by atoms with van der Waals surface area (Å²) >= 11 is 0. The summed E-state index contributed by atoms with van der Waals surface area (Å²) in [4.78, 5) is 4.30. The van der Waals surface area contributed by atoms with Crippen LogP contribution in [0.25, 0.3) is 0 Å². The van der Waals surface area contributed by atoms with E-state index in [1.165, 1.54) is 0 Å². The van der Waals surface area contributed by atoms with Crippen molar-refractivity contribution >= 4 is 0 Å². The summed E-state index contributed by atoms with van der Waals surface area (Å²) in [5, 5.41) is 3.45. The van der Waals surface area contributed by atoms with Crippen LogP contribution in [-0.4, -0.2) is 29.3 Å². The lowest BCUT2D eigenvalue weighted by Crippen LogP contribution is -2.29. The van der Waals surface area contributed by atoms with Crippen molar-refractivity contribution in [3.05, 3.63) is 23.9 Å². The first-order valence-electron chi connectivity index (χ1n) is 7.45. The number of pyridine rings is 1. The average Bonchev–Trinajstić information content (AvgIpc) is 2.70. The molecule has 0 bridgehead atoms. The van der Waals surface area contributed by atoms with E-state index in [9.17, 15) is 0 Å². The fourth-order valence-electron chi connectivity index (χ4n) is 2.48. The molecule has 1 aromatic heterocycles. The van der Waals surface area contributed by atoms with Crippen LogP contribution >= 0.6 is 0 Å². The first kappa shape index (κ1) is 15.3. The Kier molecular flexibility index (Phi) is 5.00. The maximum absolute atomic E-state index is 5.97. The maximum atomic E-state index is 5.97. The zero-order valence-corrected chi connectivity index (χ0v) is 13.0. The highest BCUT2D eigenvalue weighted by Gasteiger charge is 2.31. The van der Waals surface area contributed by atoms with Gasteiger partial charge in [0.15, 0.2) is 0 Å². The van der Waals surface area contributed by atoms with Gasteiger partial charge in [-0.15, -0.1) is 0 Å². The molecule has 1 N–H and O–H groups in total. The van der Waals surface area contributed by atoms with Crippen LogP contribution in [0.1, 0.15) is 46.1 Å². The molecule has 2 heterocycles. The smallest absolute Gasteiger partial charge is 0.218 e. The summed E-state index contributed by atoms with van der Waals surface area (Å²) in [7, 11) is 0. The third kappa shape index (κ3) is 4.46. The fourth-order valence-corrected chi connectivity index (χ4v) is 2.48. The molecule has 0 amide bonds. The Morgan fingerprint density at radius 2 is 2.30 bits per heavy atom. The monoisotopic (exact) mass is 278 g/mol. The molecule has 20 heavy (non-hydrogen) atoms. The van der Waals surface area contributed by atoms with Crippen LogP contribution in [0.15, 0.2) is 18.3 Å². The lowest BCUT2D eigenvalue weighted by molar-refractivity contribution is -0.0143. The molecular formula is C16H26N2O2. The first-order valence-corrected chi connectivity index (χ1v) is 7.45. The molecule has 4 heteroatoms. The van der Waals surface area contributed by atoms with Crippen molar-refractivity contribution in [2.24, 2.45) is 0 Å². The molecule has 1 fully saturated rings. The summed E-state index contributed by atoms with van der Waals surface area (Å²) in [6.45, 7) is 9.97. The molecule has 0 radical (unpaired) electrons. The molecule has 4 nitrogen and oxygen atoms in total. The molecule has 1 aromatic rings. The third-order valence-electron chi connectivity index (χ3n) is 3.44. The van der Waals surface area contributed by atoms with Gasteiger partial charge in [-0.2, -0.15) is 0 Å². The highest BCUT2D eigenvalue weighted by Crippen LogP contribution is 2.28. The zero-order valence-electron chi connectivity index (χ0n) is 13.0. The topological polar surface area (TPSA) is 43.4 Å². The van der Waals surface area contributed by atoms with Gasteiger partial charge in [0, 0.05) is 24.8 Å². The number of ether oxygens (including phenoxy) is 2. The van der Waals surface area contributed by atoms with Gasteiger partial charge in [0.25, 0.3) is 0 Å². The molecule has 0 spiro atoms. The number of aromatic nitrogens is 1. The molecule has 1 unspecified atom stereocenters. The van der Waals surface area contributed by atoms with E-state index in [1.54, 1.807) is 6.20 Å². The maximum Gasteiger partial charge on any atom is 0.218 e. The van der Waals surface area contributed by atoms with E-state index in [2.05, 4.69) is 30.2 Å². The molecule has 1 saturated heterocycles. The van der Waals surface area contributed by atoms with Crippen molar-refractivity contribution < 1.29 is 9.47 Å². The predicted molar refractivity (Wildman–Crippen MR) is 79.9 cm³/mol. The standard InChI is InChI=1S/C16H26N2O2/c1-12(2)19-15-13(6-5-9-18-15)10-17-11-14-7-8-16(3,4)20-14/h5-6,9,12,14,17H,7-8,10-11H2,1-4H3. The Labute approximate surface area is 121 Å². The van der Waals surface area contributed by atoms with E-state index in [0.29, 0.717) is 6.10 Å². The molecule has 1 aliphatic heterocycles. The van der Waals surface area contributed by atoms with Crippen molar-refractivity contribution in [3.63, 3.8) is 0 Å². The number of hydrogen-bond donors (Lipinski definition) is 1. The Morgan fingerprint density at radius 1 is 1.50 bits per heavy atom. The molecule has 0 aromatic carbocycles. The zero-order chi connectivity index (χ0) is 14.6. The molecule has 0 saturated carbocycles. The lowest BCUT2D eigenvalue weighted by Gasteiger charge is -2.19. The summed E-state index contributed by atoms with van der Waals surface area (Å²) in [5.74, 6) is 0.725. The van der Waals surface area contributed by atoms with Gasteiger partial charge < -0.3 is 14.8 Å². The summed E-state index contributed by atoms with van der Waals surface area (Å²) in [6, 6.07) is 4.00. The van der Waals surface area contributed by atoms with Gasteiger partial charge >= 0.3 is 0 Å². The largest absolute Gasteiger partial charge is 0.475 e. The van der Waals surface area contributed by atoms with E-state index in [0.717, 1.165) is 37.4 Å².